The van der Waals surface area contributed by atoms with Crippen molar-refractivity contribution < 1.29 is 4.79 Å². The molecule has 3 unspecified atom stereocenters. The van der Waals surface area contributed by atoms with Crippen LogP contribution in [0.25, 0.3) is 0 Å². The molecule has 0 aromatic rings. The minimum atomic E-state index is 0.127. The summed E-state index contributed by atoms with van der Waals surface area (Å²) in [7, 11) is 1.96. The Morgan fingerprint density at radius 1 is 1.33 bits per heavy atom. The zero-order valence-electron chi connectivity index (χ0n) is 12.5. The molecule has 0 radical (unpaired) electrons. The second-order valence-electron chi connectivity index (χ2n) is 5.89. The number of hydrogen-bond acceptors (Lipinski definition) is 2. The van der Waals surface area contributed by atoms with E-state index in [1.807, 2.05) is 11.9 Å². The quantitative estimate of drug-likeness (QED) is 0.820. The molecule has 0 saturated heterocycles. The first-order valence-electron chi connectivity index (χ1n) is 7.53. The molecule has 3 heteroatoms. The van der Waals surface area contributed by atoms with Crippen LogP contribution in [0.5, 0.6) is 0 Å². The molecular formula is C15H30N2O. The van der Waals surface area contributed by atoms with Gasteiger partial charge < -0.3 is 10.6 Å². The third-order valence-corrected chi connectivity index (χ3v) is 4.69. The van der Waals surface area contributed by atoms with E-state index in [2.05, 4.69) is 20.8 Å². The fourth-order valence-corrected chi connectivity index (χ4v) is 3.26. The summed E-state index contributed by atoms with van der Waals surface area (Å²) in [6, 6.07) is 0.690. The lowest BCUT2D eigenvalue weighted by Crippen LogP contribution is -2.43. The molecule has 1 fully saturated rings. The van der Waals surface area contributed by atoms with Gasteiger partial charge in [0.2, 0.25) is 5.91 Å². The Balaban J connectivity index is 2.59. The van der Waals surface area contributed by atoms with E-state index in [-0.39, 0.29) is 5.92 Å². The van der Waals surface area contributed by atoms with Gasteiger partial charge in [-0.2, -0.15) is 0 Å². The van der Waals surface area contributed by atoms with Gasteiger partial charge in [0, 0.05) is 25.0 Å². The summed E-state index contributed by atoms with van der Waals surface area (Å²) >= 11 is 0. The lowest BCUT2D eigenvalue weighted by Gasteiger charge is -2.35. The average Bonchev–Trinajstić information content (AvgIpc) is 2.38. The maximum absolute atomic E-state index is 12.5. The van der Waals surface area contributed by atoms with Gasteiger partial charge in [-0.25, -0.2) is 0 Å². The van der Waals surface area contributed by atoms with E-state index < -0.39 is 0 Å². The van der Waals surface area contributed by atoms with Crippen LogP contribution in [0.3, 0.4) is 0 Å². The summed E-state index contributed by atoms with van der Waals surface area (Å²) < 4.78 is 0. The van der Waals surface area contributed by atoms with Gasteiger partial charge in [0.1, 0.15) is 0 Å². The van der Waals surface area contributed by atoms with Gasteiger partial charge in [0.15, 0.2) is 0 Å². The molecule has 0 aromatic heterocycles. The first-order valence-corrected chi connectivity index (χ1v) is 7.53. The summed E-state index contributed by atoms with van der Waals surface area (Å²) in [5.74, 6) is 0.919. The maximum atomic E-state index is 12.5. The number of nitrogens with zero attached hydrogens (tertiary/aromatic N) is 1. The van der Waals surface area contributed by atoms with E-state index in [0.29, 0.717) is 23.9 Å². The summed E-state index contributed by atoms with van der Waals surface area (Å²) in [5, 5.41) is 0. The van der Waals surface area contributed by atoms with Crippen molar-refractivity contribution >= 4 is 5.91 Å². The number of carbonyl (C=O) groups excluding carboxylic acids is 1. The Labute approximate surface area is 112 Å². The highest BCUT2D eigenvalue weighted by Gasteiger charge is 2.31. The maximum Gasteiger partial charge on any atom is 0.225 e. The van der Waals surface area contributed by atoms with Crippen molar-refractivity contribution in [3.8, 4) is 0 Å². The van der Waals surface area contributed by atoms with Gasteiger partial charge >= 0.3 is 0 Å². The van der Waals surface area contributed by atoms with Crippen molar-refractivity contribution in [2.75, 3.05) is 7.05 Å². The SMILES string of the molecule is CCC(CC)N(C)C(=O)C(C)C1CCCC(N)C1. The second-order valence-corrected chi connectivity index (χ2v) is 5.89. The fraction of sp³-hybridized carbons (Fsp3) is 0.933. The molecule has 1 amide bonds. The van der Waals surface area contributed by atoms with Crippen LogP contribution < -0.4 is 5.73 Å². The third-order valence-electron chi connectivity index (χ3n) is 4.69. The van der Waals surface area contributed by atoms with Gasteiger partial charge in [0.25, 0.3) is 0 Å². The first kappa shape index (κ1) is 15.5. The zero-order valence-corrected chi connectivity index (χ0v) is 12.5. The predicted octanol–water partition coefficient (Wildman–Crippen LogP) is 2.79. The molecule has 0 aromatic carbocycles. The Morgan fingerprint density at radius 2 is 1.94 bits per heavy atom. The topological polar surface area (TPSA) is 46.3 Å². The molecule has 2 N–H and O–H groups in total. The highest BCUT2D eigenvalue weighted by atomic mass is 16.2. The van der Waals surface area contributed by atoms with Crippen LogP contribution in [-0.2, 0) is 4.79 Å². The summed E-state index contributed by atoms with van der Waals surface area (Å²) in [6.45, 7) is 6.39. The lowest BCUT2D eigenvalue weighted by molar-refractivity contribution is -0.138. The van der Waals surface area contributed by atoms with Gasteiger partial charge in [-0.15, -0.1) is 0 Å². The third kappa shape index (κ3) is 3.71. The summed E-state index contributed by atoms with van der Waals surface area (Å²) in [6.07, 6.45) is 6.56. The zero-order chi connectivity index (χ0) is 13.7. The number of amides is 1. The molecule has 18 heavy (non-hydrogen) atoms. The van der Waals surface area contributed by atoms with Crippen molar-refractivity contribution in [2.24, 2.45) is 17.6 Å². The van der Waals surface area contributed by atoms with Gasteiger partial charge in [-0.05, 0) is 38.0 Å². The molecule has 0 spiro atoms. The molecule has 1 saturated carbocycles. The summed E-state index contributed by atoms with van der Waals surface area (Å²) in [4.78, 5) is 14.5. The standard InChI is InChI=1S/C15H30N2O/c1-5-14(6-2)17(4)15(18)11(3)12-8-7-9-13(16)10-12/h11-14H,5-10,16H2,1-4H3. The van der Waals surface area contributed by atoms with Crippen molar-refractivity contribution in [3.63, 3.8) is 0 Å². The normalized spacial score (nSPS) is 26.1. The Kier molecular flexibility index (Phi) is 6.13. The van der Waals surface area contributed by atoms with Crippen molar-refractivity contribution in [3.05, 3.63) is 0 Å². The monoisotopic (exact) mass is 254 g/mol. The van der Waals surface area contributed by atoms with Gasteiger partial charge in [-0.3, -0.25) is 4.79 Å². The van der Waals surface area contributed by atoms with Crippen LogP contribution in [0.15, 0.2) is 0 Å². The fourth-order valence-electron chi connectivity index (χ4n) is 3.26. The van der Waals surface area contributed by atoms with Crippen LogP contribution >= 0.6 is 0 Å². The molecule has 0 bridgehead atoms. The van der Waals surface area contributed by atoms with E-state index in [9.17, 15) is 4.79 Å². The number of carbonyl (C=O) groups is 1. The van der Waals surface area contributed by atoms with Crippen LogP contribution in [0, 0.1) is 11.8 Å². The smallest absolute Gasteiger partial charge is 0.225 e. The van der Waals surface area contributed by atoms with Gasteiger partial charge in [0.05, 0.1) is 0 Å². The Morgan fingerprint density at radius 3 is 2.44 bits per heavy atom. The van der Waals surface area contributed by atoms with Gasteiger partial charge in [-0.1, -0.05) is 27.2 Å². The Bertz CT molecular complexity index is 263. The number of nitrogens with two attached hydrogens (primary N) is 1. The van der Waals surface area contributed by atoms with Crippen molar-refractivity contribution in [2.45, 2.75) is 71.4 Å². The number of rotatable bonds is 5. The van der Waals surface area contributed by atoms with Crippen molar-refractivity contribution in [1.29, 1.82) is 0 Å². The van der Waals surface area contributed by atoms with E-state index in [4.69, 9.17) is 5.73 Å². The van der Waals surface area contributed by atoms with Crippen LogP contribution in [0.1, 0.15) is 59.3 Å². The molecule has 3 atom stereocenters. The highest BCUT2D eigenvalue weighted by molar-refractivity contribution is 5.78. The molecule has 106 valence electrons. The Hall–Kier alpha value is -0.570. The van der Waals surface area contributed by atoms with Crippen LogP contribution in [0.2, 0.25) is 0 Å². The predicted molar refractivity (Wildman–Crippen MR) is 76.2 cm³/mol. The van der Waals surface area contributed by atoms with Crippen LogP contribution in [0.4, 0.5) is 0 Å². The molecular weight excluding hydrogens is 224 g/mol. The second kappa shape index (κ2) is 7.13. The average molecular weight is 254 g/mol. The molecule has 3 nitrogen and oxygen atoms in total. The highest BCUT2D eigenvalue weighted by Crippen LogP contribution is 2.30. The largest absolute Gasteiger partial charge is 0.343 e. The van der Waals surface area contributed by atoms with Crippen LogP contribution in [-0.4, -0.2) is 29.9 Å². The first-order chi connectivity index (χ1) is 8.51. The number of hydrogen-bond donors (Lipinski definition) is 1. The van der Waals surface area contributed by atoms with E-state index >= 15 is 0 Å². The molecule has 0 aliphatic heterocycles. The molecule has 1 aliphatic carbocycles. The minimum Gasteiger partial charge on any atom is -0.343 e. The van der Waals surface area contributed by atoms with Crippen molar-refractivity contribution in [1.82, 2.24) is 4.90 Å². The van der Waals surface area contributed by atoms with E-state index in [1.165, 1.54) is 6.42 Å². The summed E-state index contributed by atoms with van der Waals surface area (Å²) in [5.41, 5.74) is 6.03. The lowest BCUT2D eigenvalue weighted by atomic mass is 9.78. The minimum absolute atomic E-state index is 0.127. The molecule has 1 aliphatic rings. The molecule has 0 heterocycles. The van der Waals surface area contributed by atoms with E-state index in [1.54, 1.807) is 0 Å². The van der Waals surface area contributed by atoms with E-state index in [0.717, 1.165) is 32.1 Å². The molecule has 1 rings (SSSR count).